The van der Waals surface area contributed by atoms with Gasteiger partial charge in [-0.2, -0.15) is 0 Å². The van der Waals surface area contributed by atoms with Crippen molar-refractivity contribution in [2.75, 3.05) is 13.2 Å². The van der Waals surface area contributed by atoms with Crippen LogP contribution in [-0.2, 0) is 27.5 Å². The summed E-state index contributed by atoms with van der Waals surface area (Å²) >= 11 is 0. The predicted octanol–water partition coefficient (Wildman–Crippen LogP) is 2.56. The zero-order valence-corrected chi connectivity index (χ0v) is 19.7. The molecule has 3 saturated heterocycles. The van der Waals surface area contributed by atoms with E-state index in [4.69, 9.17) is 9.47 Å². The standard InChI is InChI=1S/C27H29N3O5/c1-16(29-12-20-11-19(29)15-34-20)18-7-5-17(6-8-18)14-35-24-4-2-3-21-22(24)13-30(27(21)33)23-9-10-25(31)28-26(23)32/h2-8,16,19-20,23H,9-15H2,1H3,(H,28,31,32)/t16?,19?,20?,23-/m0/s1. The van der Waals surface area contributed by atoms with Crippen LogP contribution in [0.25, 0.3) is 0 Å². The Balaban J connectivity index is 1.12. The molecule has 0 spiro atoms. The van der Waals surface area contributed by atoms with Crippen LogP contribution >= 0.6 is 0 Å². The van der Waals surface area contributed by atoms with Crippen molar-refractivity contribution >= 4 is 17.7 Å². The van der Waals surface area contributed by atoms with Crippen molar-refractivity contribution < 1.29 is 23.9 Å². The van der Waals surface area contributed by atoms with Gasteiger partial charge in [0.2, 0.25) is 11.8 Å². The maximum Gasteiger partial charge on any atom is 0.255 e. The van der Waals surface area contributed by atoms with Gasteiger partial charge in [0.25, 0.3) is 5.91 Å². The summed E-state index contributed by atoms with van der Waals surface area (Å²) in [5.74, 6) is -0.245. The van der Waals surface area contributed by atoms with E-state index in [2.05, 4.69) is 41.4 Å². The Labute approximate surface area is 204 Å². The number of piperidine rings is 1. The van der Waals surface area contributed by atoms with Gasteiger partial charge in [-0.05, 0) is 43.0 Å². The first kappa shape index (κ1) is 22.2. The quantitative estimate of drug-likeness (QED) is 0.646. The first-order valence-corrected chi connectivity index (χ1v) is 12.3. The van der Waals surface area contributed by atoms with Crippen LogP contribution in [0.4, 0.5) is 0 Å². The second-order valence-electron chi connectivity index (χ2n) is 9.93. The van der Waals surface area contributed by atoms with Gasteiger partial charge in [0.15, 0.2) is 0 Å². The van der Waals surface area contributed by atoms with E-state index in [0.29, 0.717) is 49.1 Å². The number of carbonyl (C=O) groups excluding carboxylic acids is 3. The normalized spacial score (nSPS) is 26.7. The SMILES string of the molecule is CC(c1ccc(COc2cccc3c2CN([C@H]2CCC(=O)NC2=O)C3=O)cc1)N1CC2CC1CO2. The molecular formula is C27H29N3O5. The number of hydrogen-bond donors (Lipinski definition) is 1. The number of rotatable bonds is 6. The third kappa shape index (κ3) is 4.00. The number of fused-ring (bicyclic) bond motifs is 3. The topological polar surface area (TPSA) is 88.2 Å². The molecule has 3 fully saturated rings. The second kappa shape index (κ2) is 8.77. The van der Waals surface area contributed by atoms with Crippen molar-refractivity contribution in [1.29, 1.82) is 0 Å². The molecule has 0 aliphatic carbocycles. The fourth-order valence-corrected chi connectivity index (χ4v) is 5.84. The Bertz CT molecular complexity index is 1180. The molecule has 3 amide bonds. The predicted molar refractivity (Wildman–Crippen MR) is 127 cm³/mol. The minimum absolute atomic E-state index is 0.195. The Hall–Kier alpha value is -3.23. The molecule has 4 heterocycles. The minimum atomic E-state index is -0.632. The maximum absolute atomic E-state index is 13.0. The highest BCUT2D eigenvalue weighted by Gasteiger charge is 2.42. The number of hydrogen-bond acceptors (Lipinski definition) is 6. The summed E-state index contributed by atoms with van der Waals surface area (Å²) in [6.07, 6.45) is 2.11. The van der Waals surface area contributed by atoms with Gasteiger partial charge < -0.3 is 14.4 Å². The summed E-state index contributed by atoms with van der Waals surface area (Å²) in [7, 11) is 0. The number of morpholine rings is 1. The van der Waals surface area contributed by atoms with Crippen LogP contribution in [0.2, 0.25) is 0 Å². The van der Waals surface area contributed by atoms with Crippen molar-refractivity contribution in [3.05, 3.63) is 64.7 Å². The lowest BCUT2D eigenvalue weighted by Crippen LogP contribution is -2.52. The van der Waals surface area contributed by atoms with E-state index in [1.54, 1.807) is 17.0 Å². The Morgan fingerprint density at radius 3 is 2.69 bits per heavy atom. The van der Waals surface area contributed by atoms with Crippen LogP contribution in [0.15, 0.2) is 42.5 Å². The van der Waals surface area contributed by atoms with Gasteiger partial charge in [0.05, 0.1) is 19.3 Å². The molecule has 35 heavy (non-hydrogen) atoms. The molecule has 0 aromatic heterocycles. The van der Waals surface area contributed by atoms with E-state index in [1.807, 2.05) is 6.07 Å². The van der Waals surface area contributed by atoms with Gasteiger partial charge in [0, 0.05) is 36.2 Å². The molecule has 4 atom stereocenters. The third-order valence-corrected chi connectivity index (χ3v) is 7.84. The van der Waals surface area contributed by atoms with Crippen LogP contribution in [0.5, 0.6) is 5.75 Å². The first-order valence-electron chi connectivity index (χ1n) is 12.3. The van der Waals surface area contributed by atoms with Gasteiger partial charge in [-0.3, -0.25) is 24.6 Å². The highest BCUT2D eigenvalue weighted by Crippen LogP contribution is 2.36. The average Bonchev–Trinajstić information content (AvgIpc) is 3.58. The van der Waals surface area contributed by atoms with Crippen molar-refractivity contribution in [3.63, 3.8) is 0 Å². The molecule has 6 rings (SSSR count). The van der Waals surface area contributed by atoms with Crippen molar-refractivity contribution in [2.45, 2.75) is 63.6 Å². The van der Waals surface area contributed by atoms with Crippen LogP contribution < -0.4 is 10.1 Å². The van der Waals surface area contributed by atoms with Gasteiger partial charge in [-0.25, -0.2) is 0 Å². The maximum atomic E-state index is 13.0. The summed E-state index contributed by atoms with van der Waals surface area (Å²) in [4.78, 5) is 40.9. The minimum Gasteiger partial charge on any atom is -0.489 e. The zero-order chi connectivity index (χ0) is 24.1. The largest absolute Gasteiger partial charge is 0.489 e. The van der Waals surface area contributed by atoms with Gasteiger partial charge >= 0.3 is 0 Å². The molecule has 2 aromatic carbocycles. The number of carbonyl (C=O) groups is 3. The molecule has 0 saturated carbocycles. The van der Waals surface area contributed by atoms with Crippen LogP contribution in [-0.4, -0.2) is 58.9 Å². The zero-order valence-electron chi connectivity index (χ0n) is 19.7. The van der Waals surface area contributed by atoms with Crippen molar-refractivity contribution in [2.24, 2.45) is 0 Å². The molecular weight excluding hydrogens is 446 g/mol. The molecule has 2 bridgehead atoms. The number of likely N-dealkylation sites (tertiary alicyclic amines) is 1. The Morgan fingerprint density at radius 1 is 1.14 bits per heavy atom. The molecule has 1 N–H and O–H groups in total. The van der Waals surface area contributed by atoms with Gasteiger partial charge in [-0.15, -0.1) is 0 Å². The number of ether oxygens (including phenoxy) is 2. The monoisotopic (exact) mass is 475 g/mol. The number of benzene rings is 2. The Kier molecular flexibility index (Phi) is 5.57. The second-order valence-corrected chi connectivity index (χ2v) is 9.93. The van der Waals surface area contributed by atoms with Crippen LogP contribution in [0.3, 0.4) is 0 Å². The van der Waals surface area contributed by atoms with E-state index >= 15 is 0 Å². The lowest BCUT2D eigenvalue weighted by Gasteiger charge is -2.32. The lowest BCUT2D eigenvalue weighted by molar-refractivity contribution is -0.136. The van der Waals surface area contributed by atoms with Crippen LogP contribution in [0, 0.1) is 0 Å². The first-order chi connectivity index (χ1) is 17.0. The van der Waals surface area contributed by atoms with E-state index in [-0.39, 0.29) is 18.2 Å². The third-order valence-electron chi connectivity index (χ3n) is 7.84. The molecule has 0 radical (unpaired) electrons. The van der Waals surface area contributed by atoms with Crippen molar-refractivity contribution in [1.82, 2.24) is 15.1 Å². The van der Waals surface area contributed by atoms with Crippen molar-refractivity contribution in [3.8, 4) is 5.75 Å². The molecule has 182 valence electrons. The fourth-order valence-electron chi connectivity index (χ4n) is 5.84. The van der Waals surface area contributed by atoms with E-state index < -0.39 is 11.9 Å². The fraction of sp³-hybridized carbons (Fsp3) is 0.444. The molecule has 4 aliphatic rings. The van der Waals surface area contributed by atoms with E-state index in [9.17, 15) is 14.4 Å². The molecule has 2 aromatic rings. The number of nitrogens with zero attached hydrogens (tertiary/aromatic N) is 2. The van der Waals surface area contributed by atoms with Gasteiger partial charge in [0.1, 0.15) is 18.4 Å². The van der Waals surface area contributed by atoms with Gasteiger partial charge in [-0.1, -0.05) is 30.3 Å². The molecule has 8 nitrogen and oxygen atoms in total. The highest BCUT2D eigenvalue weighted by atomic mass is 16.5. The molecule has 3 unspecified atom stereocenters. The summed E-state index contributed by atoms with van der Waals surface area (Å²) in [6.45, 7) is 4.79. The van der Waals surface area contributed by atoms with E-state index in [1.165, 1.54) is 5.56 Å². The summed E-state index contributed by atoms with van der Waals surface area (Å²) < 4.78 is 11.9. The molecule has 4 aliphatic heterocycles. The highest BCUT2D eigenvalue weighted by molar-refractivity contribution is 6.05. The number of amides is 3. The average molecular weight is 476 g/mol. The summed E-state index contributed by atoms with van der Waals surface area (Å²) in [5, 5.41) is 2.34. The number of nitrogens with one attached hydrogen (secondary N) is 1. The van der Waals surface area contributed by atoms with Crippen LogP contribution in [0.1, 0.15) is 59.3 Å². The molecule has 8 heteroatoms. The lowest BCUT2D eigenvalue weighted by atomic mass is 10.0. The number of imide groups is 1. The Morgan fingerprint density at radius 2 is 1.97 bits per heavy atom. The summed E-state index contributed by atoms with van der Waals surface area (Å²) in [6, 6.07) is 14.2. The smallest absolute Gasteiger partial charge is 0.255 e. The summed E-state index contributed by atoms with van der Waals surface area (Å²) in [5.41, 5.74) is 3.68. The van der Waals surface area contributed by atoms with E-state index in [0.717, 1.165) is 30.7 Å².